The number of hydrogen-bond donors (Lipinski definition) is 2. The van der Waals surface area contributed by atoms with Crippen molar-refractivity contribution in [2.24, 2.45) is 5.73 Å². The van der Waals surface area contributed by atoms with Crippen LogP contribution in [0.1, 0.15) is 40.0 Å². The molecule has 0 bridgehead atoms. The van der Waals surface area contributed by atoms with Crippen LogP contribution in [0.5, 0.6) is 0 Å². The van der Waals surface area contributed by atoms with Crippen molar-refractivity contribution < 1.29 is 0 Å². The standard InChI is InChI=1S/C14H29N3/c1-12(2)10-16-14(11-15)6-5-8-17(9-7-14)13(3)4/h13,16H,1,5-11,15H2,2-4H3. The van der Waals surface area contributed by atoms with Gasteiger partial charge in [-0.3, -0.25) is 0 Å². The van der Waals surface area contributed by atoms with E-state index in [1.165, 1.54) is 25.0 Å². The molecule has 17 heavy (non-hydrogen) atoms. The molecule has 0 saturated carbocycles. The minimum absolute atomic E-state index is 0.128. The van der Waals surface area contributed by atoms with Crippen molar-refractivity contribution in [3.63, 3.8) is 0 Å². The minimum atomic E-state index is 0.128. The van der Waals surface area contributed by atoms with Gasteiger partial charge in [-0.05, 0) is 46.6 Å². The maximum atomic E-state index is 6.00. The fraction of sp³-hybridized carbons (Fsp3) is 0.857. The second kappa shape index (κ2) is 6.53. The Kier molecular flexibility index (Phi) is 5.63. The topological polar surface area (TPSA) is 41.3 Å². The first-order valence-corrected chi connectivity index (χ1v) is 6.82. The molecule has 0 amide bonds. The molecule has 0 aromatic carbocycles. The van der Waals surface area contributed by atoms with Crippen molar-refractivity contribution in [2.45, 2.75) is 51.6 Å². The monoisotopic (exact) mass is 239 g/mol. The first-order valence-electron chi connectivity index (χ1n) is 6.82. The van der Waals surface area contributed by atoms with E-state index < -0.39 is 0 Å². The van der Waals surface area contributed by atoms with Crippen molar-refractivity contribution in [2.75, 3.05) is 26.2 Å². The molecule has 0 radical (unpaired) electrons. The van der Waals surface area contributed by atoms with Gasteiger partial charge >= 0.3 is 0 Å². The average molecular weight is 239 g/mol. The molecule has 1 unspecified atom stereocenters. The van der Waals surface area contributed by atoms with Gasteiger partial charge in [0, 0.05) is 31.2 Å². The highest BCUT2D eigenvalue weighted by Gasteiger charge is 2.31. The highest BCUT2D eigenvalue weighted by atomic mass is 15.2. The number of nitrogens with two attached hydrogens (primary N) is 1. The molecule has 1 rings (SSSR count). The van der Waals surface area contributed by atoms with Gasteiger partial charge in [0.2, 0.25) is 0 Å². The fourth-order valence-corrected chi connectivity index (χ4v) is 2.52. The SMILES string of the molecule is C=C(C)CNC1(CN)CCCN(C(C)C)CC1. The largest absolute Gasteiger partial charge is 0.329 e. The normalized spacial score (nSPS) is 27.1. The van der Waals surface area contributed by atoms with Crippen LogP contribution in [0.25, 0.3) is 0 Å². The third-order valence-corrected chi connectivity index (χ3v) is 3.86. The van der Waals surface area contributed by atoms with Crippen molar-refractivity contribution in [3.05, 3.63) is 12.2 Å². The molecular formula is C14H29N3. The van der Waals surface area contributed by atoms with E-state index in [2.05, 4.69) is 37.6 Å². The summed E-state index contributed by atoms with van der Waals surface area (Å²) in [6, 6.07) is 0.643. The average Bonchev–Trinajstić information content (AvgIpc) is 2.49. The zero-order chi connectivity index (χ0) is 12.9. The third kappa shape index (κ3) is 4.41. The summed E-state index contributed by atoms with van der Waals surface area (Å²) in [5, 5.41) is 3.63. The number of nitrogens with one attached hydrogen (secondary N) is 1. The summed E-state index contributed by atoms with van der Waals surface area (Å²) in [6.07, 6.45) is 3.56. The Labute approximate surface area is 106 Å². The van der Waals surface area contributed by atoms with Crippen LogP contribution in [-0.4, -0.2) is 42.7 Å². The number of likely N-dealkylation sites (tertiary alicyclic amines) is 1. The van der Waals surface area contributed by atoms with E-state index in [1.807, 2.05) is 0 Å². The summed E-state index contributed by atoms with van der Waals surface area (Å²) in [4.78, 5) is 2.56. The summed E-state index contributed by atoms with van der Waals surface area (Å²) in [6.45, 7) is 14.5. The quantitative estimate of drug-likeness (QED) is 0.718. The van der Waals surface area contributed by atoms with Crippen LogP contribution >= 0.6 is 0 Å². The fourth-order valence-electron chi connectivity index (χ4n) is 2.52. The van der Waals surface area contributed by atoms with E-state index in [4.69, 9.17) is 5.73 Å². The van der Waals surface area contributed by atoms with E-state index in [0.29, 0.717) is 6.04 Å². The predicted molar refractivity (Wildman–Crippen MR) is 75.2 cm³/mol. The van der Waals surface area contributed by atoms with Crippen LogP contribution in [0.3, 0.4) is 0 Å². The molecule has 0 aliphatic carbocycles. The molecule has 1 saturated heterocycles. The summed E-state index contributed by atoms with van der Waals surface area (Å²) in [5.41, 5.74) is 7.32. The lowest BCUT2D eigenvalue weighted by Crippen LogP contribution is -2.52. The lowest BCUT2D eigenvalue weighted by atomic mass is 9.90. The molecule has 3 heteroatoms. The molecular weight excluding hydrogens is 210 g/mol. The van der Waals surface area contributed by atoms with Crippen LogP contribution in [0.4, 0.5) is 0 Å². The number of hydrogen-bond acceptors (Lipinski definition) is 3. The lowest BCUT2D eigenvalue weighted by molar-refractivity contribution is 0.219. The molecule has 0 aromatic rings. The molecule has 1 heterocycles. The number of rotatable bonds is 5. The van der Waals surface area contributed by atoms with E-state index in [1.54, 1.807) is 0 Å². The molecule has 1 atom stereocenters. The van der Waals surface area contributed by atoms with Crippen LogP contribution in [0, 0.1) is 0 Å². The Morgan fingerprint density at radius 2 is 2.12 bits per heavy atom. The zero-order valence-electron chi connectivity index (χ0n) is 11.8. The zero-order valence-corrected chi connectivity index (χ0v) is 11.8. The summed E-state index contributed by atoms with van der Waals surface area (Å²) < 4.78 is 0. The molecule has 3 nitrogen and oxygen atoms in total. The molecule has 1 aliphatic heterocycles. The summed E-state index contributed by atoms with van der Waals surface area (Å²) in [5.74, 6) is 0. The maximum absolute atomic E-state index is 6.00. The van der Waals surface area contributed by atoms with E-state index >= 15 is 0 Å². The van der Waals surface area contributed by atoms with Gasteiger partial charge in [-0.2, -0.15) is 0 Å². The molecule has 100 valence electrons. The third-order valence-electron chi connectivity index (χ3n) is 3.86. The van der Waals surface area contributed by atoms with Crippen LogP contribution < -0.4 is 11.1 Å². The van der Waals surface area contributed by atoms with E-state index in [-0.39, 0.29) is 5.54 Å². The second-order valence-corrected chi connectivity index (χ2v) is 5.78. The van der Waals surface area contributed by atoms with E-state index in [0.717, 1.165) is 26.1 Å². The molecule has 0 aromatic heterocycles. The second-order valence-electron chi connectivity index (χ2n) is 5.78. The van der Waals surface area contributed by atoms with Gasteiger partial charge in [0.15, 0.2) is 0 Å². The Bertz CT molecular complexity index is 250. The van der Waals surface area contributed by atoms with Crippen LogP contribution in [-0.2, 0) is 0 Å². The minimum Gasteiger partial charge on any atom is -0.329 e. The van der Waals surface area contributed by atoms with Gasteiger partial charge in [0.1, 0.15) is 0 Å². The van der Waals surface area contributed by atoms with Crippen LogP contribution in [0.15, 0.2) is 12.2 Å². The van der Waals surface area contributed by atoms with Crippen molar-refractivity contribution in [1.82, 2.24) is 10.2 Å². The van der Waals surface area contributed by atoms with Crippen molar-refractivity contribution in [1.29, 1.82) is 0 Å². The molecule has 1 fully saturated rings. The van der Waals surface area contributed by atoms with E-state index in [9.17, 15) is 0 Å². The van der Waals surface area contributed by atoms with Gasteiger partial charge in [-0.25, -0.2) is 0 Å². The number of nitrogens with zero attached hydrogens (tertiary/aromatic N) is 1. The summed E-state index contributed by atoms with van der Waals surface area (Å²) >= 11 is 0. The van der Waals surface area contributed by atoms with Gasteiger partial charge < -0.3 is 16.0 Å². The molecule has 0 spiro atoms. The smallest absolute Gasteiger partial charge is 0.0319 e. The van der Waals surface area contributed by atoms with Gasteiger partial charge in [-0.15, -0.1) is 0 Å². The van der Waals surface area contributed by atoms with Gasteiger partial charge in [-0.1, -0.05) is 12.2 Å². The first-order chi connectivity index (χ1) is 7.99. The summed E-state index contributed by atoms with van der Waals surface area (Å²) in [7, 11) is 0. The lowest BCUT2D eigenvalue weighted by Gasteiger charge is -2.33. The Hall–Kier alpha value is -0.380. The first kappa shape index (κ1) is 14.7. The van der Waals surface area contributed by atoms with Crippen LogP contribution in [0.2, 0.25) is 0 Å². The van der Waals surface area contributed by atoms with Gasteiger partial charge in [0.05, 0.1) is 0 Å². The molecule has 1 aliphatic rings. The molecule has 3 N–H and O–H groups in total. The highest BCUT2D eigenvalue weighted by molar-refractivity contribution is 4.99. The van der Waals surface area contributed by atoms with Crippen molar-refractivity contribution >= 4 is 0 Å². The highest BCUT2D eigenvalue weighted by Crippen LogP contribution is 2.22. The van der Waals surface area contributed by atoms with Crippen molar-refractivity contribution in [3.8, 4) is 0 Å². The maximum Gasteiger partial charge on any atom is 0.0319 e. The Morgan fingerprint density at radius 1 is 1.41 bits per heavy atom. The van der Waals surface area contributed by atoms with Gasteiger partial charge in [0.25, 0.3) is 0 Å². The Balaban J connectivity index is 2.58. The Morgan fingerprint density at radius 3 is 2.65 bits per heavy atom. The predicted octanol–water partition coefficient (Wildman–Crippen LogP) is 1.74.